The van der Waals surface area contributed by atoms with Crippen LogP contribution in [0, 0.1) is 5.92 Å². The van der Waals surface area contributed by atoms with Gasteiger partial charge in [0.2, 0.25) is 0 Å². The van der Waals surface area contributed by atoms with E-state index in [4.69, 9.17) is 9.47 Å². The van der Waals surface area contributed by atoms with Gasteiger partial charge in [-0.25, -0.2) is 0 Å². The van der Waals surface area contributed by atoms with Crippen LogP contribution >= 0.6 is 0 Å². The first-order valence-electron chi connectivity index (χ1n) is 4.44. The van der Waals surface area contributed by atoms with Crippen LogP contribution in [0.15, 0.2) is 0 Å². The number of rotatable bonds is 4. The molecule has 1 aliphatic carbocycles. The summed E-state index contributed by atoms with van der Waals surface area (Å²) in [5, 5.41) is 0. The average Bonchev–Trinajstić information content (AvgIpc) is 2.15. The maximum absolute atomic E-state index is 10.6. The molecule has 3 nitrogen and oxygen atoms in total. The summed E-state index contributed by atoms with van der Waals surface area (Å²) < 4.78 is 10.2. The molecule has 0 spiro atoms. The van der Waals surface area contributed by atoms with Crippen LogP contribution in [-0.2, 0) is 14.3 Å². The van der Waals surface area contributed by atoms with Gasteiger partial charge in [-0.05, 0) is 12.8 Å². The monoisotopic (exact) mass is 172 g/mol. The molecule has 1 saturated carbocycles. The summed E-state index contributed by atoms with van der Waals surface area (Å²) in [6.45, 7) is 0.301. The normalized spacial score (nSPS) is 30.1. The molecule has 0 N–H and O–H groups in total. The number of methoxy groups -OCH3 is 1. The molecule has 0 amide bonds. The van der Waals surface area contributed by atoms with Gasteiger partial charge in [-0.3, -0.25) is 0 Å². The molecule has 1 fully saturated rings. The van der Waals surface area contributed by atoms with Crippen molar-refractivity contribution in [3.63, 3.8) is 0 Å². The highest BCUT2D eigenvalue weighted by molar-refractivity contribution is 5.54. The Morgan fingerprint density at radius 3 is 2.83 bits per heavy atom. The molecule has 1 aliphatic rings. The SMILES string of the molecule is COCO[C@@H]1CCCC[C@H]1C=O. The van der Waals surface area contributed by atoms with Crippen LogP contribution in [0.3, 0.4) is 0 Å². The summed E-state index contributed by atoms with van der Waals surface area (Å²) in [6.07, 6.45) is 5.38. The predicted octanol–water partition coefficient (Wildman–Crippen LogP) is 1.36. The Morgan fingerprint density at radius 1 is 1.42 bits per heavy atom. The summed E-state index contributed by atoms with van der Waals surface area (Å²) >= 11 is 0. The quantitative estimate of drug-likeness (QED) is 0.474. The van der Waals surface area contributed by atoms with Crippen molar-refractivity contribution in [2.24, 2.45) is 5.92 Å². The topological polar surface area (TPSA) is 35.5 Å². The zero-order valence-corrected chi connectivity index (χ0v) is 7.49. The molecular formula is C9H16O3. The van der Waals surface area contributed by atoms with E-state index < -0.39 is 0 Å². The third-order valence-corrected chi connectivity index (χ3v) is 2.33. The van der Waals surface area contributed by atoms with Gasteiger partial charge in [0.05, 0.1) is 6.10 Å². The molecule has 0 aromatic carbocycles. The van der Waals surface area contributed by atoms with E-state index in [1.807, 2.05) is 0 Å². The van der Waals surface area contributed by atoms with Gasteiger partial charge in [0.25, 0.3) is 0 Å². The van der Waals surface area contributed by atoms with Crippen LogP contribution in [0.25, 0.3) is 0 Å². The summed E-state index contributed by atoms with van der Waals surface area (Å²) in [5.74, 6) is 0.0916. The van der Waals surface area contributed by atoms with Crippen LogP contribution in [0.4, 0.5) is 0 Å². The number of carbonyl (C=O) groups is 1. The maximum atomic E-state index is 10.6. The lowest BCUT2D eigenvalue weighted by atomic mass is 9.87. The van der Waals surface area contributed by atoms with Gasteiger partial charge in [0.1, 0.15) is 13.1 Å². The van der Waals surface area contributed by atoms with Gasteiger partial charge < -0.3 is 14.3 Å². The number of carbonyl (C=O) groups excluding carboxylic acids is 1. The second-order valence-electron chi connectivity index (χ2n) is 3.20. The molecular weight excluding hydrogens is 156 g/mol. The fourth-order valence-electron chi connectivity index (χ4n) is 1.64. The summed E-state index contributed by atoms with van der Waals surface area (Å²) in [4.78, 5) is 10.6. The summed E-state index contributed by atoms with van der Waals surface area (Å²) in [6, 6.07) is 0. The molecule has 0 saturated heterocycles. The second kappa shape index (κ2) is 5.27. The zero-order valence-electron chi connectivity index (χ0n) is 7.49. The molecule has 0 aromatic rings. The third kappa shape index (κ3) is 2.57. The predicted molar refractivity (Wildman–Crippen MR) is 44.8 cm³/mol. The Labute approximate surface area is 73.0 Å². The van der Waals surface area contributed by atoms with Crippen LogP contribution in [0.5, 0.6) is 0 Å². The van der Waals surface area contributed by atoms with Crippen molar-refractivity contribution < 1.29 is 14.3 Å². The molecule has 0 aromatic heterocycles. The van der Waals surface area contributed by atoms with E-state index in [1.54, 1.807) is 7.11 Å². The van der Waals surface area contributed by atoms with E-state index in [9.17, 15) is 4.79 Å². The minimum Gasteiger partial charge on any atom is -0.359 e. The van der Waals surface area contributed by atoms with Crippen LogP contribution in [0.2, 0.25) is 0 Å². The lowest BCUT2D eigenvalue weighted by molar-refractivity contribution is -0.128. The number of hydrogen-bond acceptors (Lipinski definition) is 3. The molecule has 0 heterocycles. The Hall–Kier alpha value is -0.410. The molecule has 70 valence electrons. The fraction of sp³-hybridized carbons (Fsp3) is 0.889. The number of aldehydes is 1. The first kappa shape index (κ1) is 9.68. The lowest BCUT2D eigenvalue weighted by Gasteiger charge is -2.27. The maximum Gasteiger partial charge on any atom is 0.146 e. The Morgan fingerprint density at radius 2 is 2.17 bits per heavy atom. The third-order valence-electron chi connectivity index (χ3n) is 2.33. The van der Waals surface area contributed by atoms with Crippen LogP contribution in [0.1, 0.15) is 25.7 Å². The van der Waals surface area contributed by atoms with Crippen LogP contribution in [-0.4, -0.2) is 26.3 Å². The van der Waals surface area contributed by atoms with Crippen molar-refractivity contribution in [3.05, 3.63) is 0 Å². The van der Waals surface area contributed by atoms with Crippen molar-refractivity contribution in [1.29, 1.82) is 0 Å². The zero-order chi connectivity index (χ0) is 8.81. The van der Waals surface area contributed by atoms with Gasteiger partial charge in [-0.15, -0.1) is 0 Å². The van der Waals surface area contributed by atoms with E-state index in [-0.39, 0.29) is 12.0 Å². The van der Waals surface area contributed by atoms with Gasteiger partial charge in [0, 0.05) is 13.0 Å². The Bertz CT molecular complexity index is 136. The highest BCUT2D eigenvalue weighted by Gasteiger charge is 2.24. The van der Waals surface area contributed by atoms with E-state index in [2.05, 4.69) is 0 Å². The Balaban J connectivity index is 2.31. The molecule has 3 heteroatoms. The van der Waals surface area contributed by atoms with Gasteiger partial charge in [-0.1, -0.05) is 12.8 Å². The van der Waals surface area contributed by atoms with Gasteiger partial charge in [-0.2, -0.15) is 0 Å². The molecule has 0 unspecified atom stereocenters. The summed E-state index contributed by atoms with van der Waals surface area (Å²) in [5.41, 5.74) is 0. The number of hydrogen-bond donors (Lipinski definition) is 0. The summed E-state index contributed by atoms with van der Waals surface area (Å²) in [7, 11) is 1.60. The standard InChI is InChI=1S/C9H16O3/c1-11-7-12-9-5-3-2-4-8(9)6-10/h6,8-9H,2-5,7H2,1H3/t8-,9+/m0/s1. The number of ether oxygens (including phenoxy) is 2. The molecule has 0 aliphatic heterocycles. The molecule has 2 atom stereocenters. The van der Waals surface area contributed by atoms with E-state index in [1.165, 1.54) is 6.42 Å². The van der Waals surface area contributed by atoms with Crippen LogP contribution < -0.4 is 0 Å². The van der Waals surface area contributed by atoms with E-state index in [0.717, 1.165) is 25.5 Å². The van der Waals surface area contributed by atoms with E-state index in [0.29, 0.717) is 6.79 Å². The highest BCUT2D eigenvalue weighted by atomic mass is 16.7. The highest BCUT2D eigenvalue weighted by Crippen LogP contribution is 2.25. The smallest absolute Gasteiger partial charge is 0.146 e. The second-order valence-corrected chi connectivity index (χ2v) is 3.20. The molecule has 0 bridgehead atoms. The van der Waals surface area contributed by atoms with Crippen molar-refractivity contribution >= 4 is 6.29 Å². The largest absolute Gasteiger partial charge is 0.359 e. The molecule has 12 heavy (non-hydrogen) atoms. The van der Waals surface area contributed by atoms with Crippen molar-refractivity contribution in [3.8, 4) is 0 Å². The first-order chi connectivity index (χ1) is 5.88. The Kier molecular flexibility index (Phi) is 4.25. The van der Waals surface area contributed by atoms with Crippen molar-refractivity contribution in [2.45, 2.75) is 31.8 Å². The van der Waals surface area contributed by atoms with Crippen molar-refractivity contribution in [1.82, 2.24) is 0 Å². The molecule has 0 radical (unpaired) electrons. The molecule has 1 rings (SSSR count). The fourth-order valence-corrected chi connectivity index (χ4v) is 1.64. The average molecular weight is 172 g/mol. The minimum atomic E-state index is 0.0916. The minimum absolute atomic E-state index is 0.0916. The van der Waals surface area contributed by atoms with Gasteiger partial charge >= 0.3 is 0 Å². The van der Waals surface area contributed by atoms with Gasteiger partial charge in [0.15, 0.2) is 0 Å². The first-order valence-corrected chi connectivity index (χ1v) is 4.44. The van der Waals surface area contributed by atoms with Crippen molar-refractivity contribution in [2.75, 3.05) is 13.9 Å². The lowest BCUT2D eigenvalue weighted by Crippen LogP contribution is -2.29. The van der Waals surface area contributed by atoms with E-state index >= 15 is 0 Å².